The molecule has 6 nitrogen and oxygen atoms in total. The maximum absolute atomic E-state index is 10.6. The quantitative estimate of drug-likeness (QED) is 0.575. The number of carboxylic acids is 1. The summed E-state index contributed by atoms with van der Waals surface area (Å²) in [6.45, 7) is 0.199. The van der Waals surface area contributed by atoms with Gasteiger partial charge in [-0.15, -0.1) is 0 Å². The number of benzene rings is 1. The minimum atomic E-state index is -0.936. The van der Waals surface area contributed by atoms with Gasteiger partial charge in [0.2, 0.25) is 0 Å². The van der Waals surface area contributed by atoms with E-state index in [1.54, 1.807) is 12.1 Å². The molecular formula is C10H12N2O4. The first-order chi connectivity index (χ1) is 7.54. The zero-order valence-electron chi connectivity index (χ0n) is 8.50. The third-order valence-electron chi connectivity index (χ3n) is 2.28. The molecule has 0 heterocycles. The molecule has 16 heavy (non-hydrogen) atoms. The maximum atomic E-state index is 10.6. The van der Waals surface area contributed by atoms with Crippen LogP contribution in [0.5, 0.6) is 0 Å². The van der Waals surface area contributed by atoms with Gasteiger partial charge in [-0.05, 0) is 12.1 Å². The SMILES string of the molecule is NCC(CC(=O)O)c1ccc([N+](=O)[O-])cc1. The fraction of sp³-hybridized carbons (Fsp3) is 0.300. The Bertz CT molecular complexity index is 388. The first-order valence-electron chi connectivity index (χ1n) is 4.70. The fourth-order valence-electron chi connectivity index (χ4n) is 1.42. The van der Waals surface area contributed by atoms with Crippen LogP contribution in [-0.2, 0) is 4.79 Å². The largest absolute Gasteiger partial charge is 0.481 e. The van der Waals surface area contributed by atoms with Crippen LogP contribution in [0.1, 0.15) is 17.9 Å². The molecule has 1 aromatic carbocycles. The summed E-state index contributed by atoms with van der Waals surface area (Å²) in [5.74, 6) is -1.24. The molecule has 86 valence electrons. The first-order valence-corrected chi connectivity index (χ1v) is 4.70. The molecule has 0 aliphatic heterocycles. The number of non-ortho nitro benzene ring substituents is 1. The molecule has 0 spiro atoms. The molecule has 1 atom stereocenters. The van der Waals surface area contributed by atoms with E-state index in [-0.39, 0.29) is 24.6 Å². The van der Waals surface area contributed by atoms with Crippen LogP contribution in [0.3, 0.4) is 0 Å². The zero-order chi connectivity index (χ0) is 12.1. The van der Waals surface area contributed by atoms with Crippen LogP contribution in [0.2, 0.25) is 0 Å². The molecule has 3 N–H and O–H groups in total. The highest BCUT2D eigenvalue weighted by molar-refractivity contribution is 5.68. The molecule has 1 aromatic rings. The van der Waals surface area contributed by atoms with Crippen LogP contribution in [-0.4, -0.2) is 22.5 Å². The average molecular weight is 224 g/mol. The van der Waals surface area contributed by atoms with Gasteiger partial charge in [0.1, 0.15) is 0 Å². The molecule has 0 aliphatic carbocycles. The highest BCUT2D eigenvalue weighted by atomic mass is 16.6. The standard InChI is InChI=1S/C10H12N2O4/c11-6-8(5-10(13)14)7-1-3-9(4-2-7)12(15)16/h1-4,8H,5-6,11H2,(H,13,14). The van der Waals surface area contributed by atoms with Crippen molar-refractivity contribution in [2.45, 2.75) is 12.3 Å². The lowest BCUT2D eigenvalue weighted by molar-refractivity contribution is -0.384. The van der Waals surface area contributed by atoms with E-state index in [0.717, 1.165) is 0 Å². The Hall–Kier alpha value is -1.95. The van der Waals surface area contributed by atoms with Crippen molar-refractivity contribution in [3.05, 3.63) is 39.9 Å². The van der Waals surface area contributed by atoms with Gasteiger partial charge in [-0.3, -0.25) is 14.9 Å². The minimum Gasteiger partial charge on any atom is -0.481 e. The van der Waals surface area contributed by atoms with Crippen LogP contribution in [0.15, 0.2) is 24.3 Å². The van der Waals surface area contributed by atoms with Gasteiger partial charge in [-0.1, -0.05) is 12.1 Å². The van der Waals surface area contributed by atoms with Gasteiger partial charge in [-0.2, -0.15) is 0 Å². The predicted molar refractivity (Wildman–Crippen MR) is 57.1 cm³/mol. The molecular weight excluding hydrogens is 212 g/mol. The topological polar surface area (TPSA) is 106 Å². The van der Waals surface area contributed by atoms with Crippen LogP contribution in [0.25, 0.3) is 0 Å². The number of nitro benzene ring substituents is 1. The summed E-state index contributed by atoms with van der Waals surface area (Å²) in [5.41, 5.74) is 6.14. The Kier molecular flexibility index (Phi) is 3.96. The molecule has 6 heteroatoms. The van der Waals surface area contributed by atoms with E-state index in [4.69, 9.17) is 10.8 Å². The smallest absolute Gasteiger partial charge is 0.304 e. The minimum absolute atomic E-state index is 0.0187. The van der Waals surface area contributed by atoms with Crippen molar-refractivity contribution in [2.24, 2.45) is 5.73 Å². The number of nitrogens with zero attached hydrogens (tertiary/aromatic N) is 1. The number of nitrogens with two attached hydrogens (primary N) is 1. The summed E-state index contributed by atoms with van der Waals surface area (Å²) < 4.78 is 0. The van der Waals surface area contributed by atoms with E-state index >= 15 is 0 Å². The molecule has 1 unspecified atom stereocenters. The van der Waals surface area contributed by atoms with Crippen molar-refractivity contribution in [1.29, 1.82) is 0 Å². The Balaban J connectivity index is 2.86. The van der Waals surface area contributed by atoms with Gasteiger partial charge < -0.3 is 10.8 Å². The molecule has 1 rings (SSSR count). The number of aliphatic carboxylic acids is 1. The van der Waals surface area contributed by atoms with Crippen molar-refractivity contribution < 1.29 is 14.8 Å². The molecule has 0 bridgehead atoms. The Morgan fingerprint density at radius 3 is 2.38 bits per heavy atom. The second-order valence-electron chi connectivity index (χ2n) is 3.38. The molecule has 0 amide bonds. The molecule has 0 aromatic heterocycles. The average Bonchev–Trinajstić information content (AvgIpc) is 2.25. The summed E-state index contributed by atoms with van der Waals surface area (Å²) >= 11 is 0. The van der Waals surface area contributed by atoms with Gasteiger partial charge in [0.25, 0.3) is 5.69 Å². The van der Waals surface area contributed by atoms with E-state index in [1.807, 2.05) is 0 Å². The Morgan fingerprint density at radius 2 is 2.00 bits per heavy atom. The van der Waals surface area contributed by atoms with Crippen molar-refractivity contribution in [3.8, 4) is 0 Å². The summed E-state index contributed by atoms with van der Waals surface area (Å²) in [4.78, 5) is 20.5. The van der Waals surface area contributed by atoms with E-state index in [9.17, 15) is 14.9 Å². The number of rotatable bonds is 5. The van der Waals surface area contributed by atoms with Crippen molar-refractivity contribution in [1.82, 2.24) is 0 Å². The van der Waals surface area contributed by atoms with Gasteiger partial charge in [-0.25, -0.2) is 0 Å². The third kappa shape index (κ3) is 3.03. The van der Waals surface area contributed by atoms with Crippen LogP contribution in [0, 0.1) is 10.1 Å². The molecule has 0 saturated heterocycles. The van der Waals surface area contributed by atoms with Crippen molar-refractivity contribution in [3.63, 3.8) is 0 Å². The first kappa shape index (κ1) is 12.1. The van der Waals surface area contributed by atoms with Crippen LogP contribution in [0.4, 0.5) is 5.69 Å². The van der Waals surface area contributed by atoms with Crippen LogP contribution < -0.4 is 5.73 Å². The van der Waals surface area contributed by atoms with E-state index < -0.39 is 10.9 Å². The third-order valence-corrected chi connectivity index (χ3v) is 2.28. The lowest BCUT2D eigenvalue weighted by atomic mass is 9.96. The summed E-state index contributed by atoms with van der Waals surface area (Å²) in [7, 11) is 0. The summed E-state index contributed by atoms with van der Waals surface area (Å²) in [5, 5.41) is 19.1. The number of hydrogen-bond donors (Lipinski definition) is 2. The van der Waals surface area contributed by atoms with E-state index in [0.29, 0.717) is 5.56 Å². The van der Waals surface area contributed by atoms with Crippen LogP contribution >= 0.6 is 0 Å². The van der Waals surface area contributed by atoms with E-state index in [2.05, 4.69) is 0 Å². The predicted octanol–water partition coefficient (Wildman–Crippen LogP) is 1.11. The van der Waals surface area contributed by atoms with Gasteiger partial charge in [0.05, 0.1) is 11.3 Å². The van der Waals surface area contributed by atoms with Gasteiger partial charge in [0, 0.05) is 18.1 Å². The van der Waals surface area contributed by atoms with Crippen molar-refractivity contribution in [2.75, 3.05) is 6.54 Å². The van der Waals surface area contributed by atoms with Gasteiger partial charge in [0.15, 0.2) is 0 Å². The lowest BCUT2D eigenvalue weighted by Crippen LogP contribution is -2.16. The maximum Gasteiger partial charge on any atom is 0.304 e. The second-order valence-corrected chi connectivity index (χ2v) is 3.38. The van der Waals surface area contributed by atoms with E-state index in [1.165, 1.54) is 12.1 Å². The lowest BCUT2D eigenvalue weighted by Gasteiger charge is -2.11. The second kappa shape index (κ2) is 5.22. The number of carboxylic acid groups (broad SMARTS) is 1. The van der Waals surface area contributed by atoms with Gasteiger partial charge >= 0.3 is 5.97 Å². The zero-order valence-corrected chi connectivity index (χ0v) is 8.50. The summed E-state index contributed by atoms with van der Waals surface area (Å²) in [6, 6.07) is 5.77. The summed E-state index contributed by atoms with van der Waals surface area (Å²) in [6.07, 6.45) is -0.0751. The number of nitro groups is 1. The normalized spacial score (nSPS) is 12.1. The monoisotopic (exact) mass is 224 g/mol. The molecule has 0 fully saturated rings. The number of carbonyl (C=O) groups is 1. The Morgan fingerprint density at radius 1 is 1.44 bits per heavy atom. The highest BCUT2D eigenvalue weighted by Crippen LogP contribution is 2.21. The molecule has 0 radical (unpaired) electrons. The number of hydrogen-bond acceptors (Lipinski definition) is 4. The highest BCUT2D eigenvalue weighted by Gasteiger charge is 2.15. The molecule has 0 saturated carbocycles. The Labute approximate surface area is 91.8 Å². The fourth-order valence-corrected chi connectivity index (χ4v) is 1.42. The van der Waals surface area contributed by atoms with Crippen molar-refractivity contribution >= 4 is 11.7 Å². The molecule has 0 aliphatic rings.